The minimum atomic E-state index is -2.60. The Bertz CT molecular complexity index is 633. The molecule has 0 heterocycles. The molecule has 0 saturated carbocycles. The zero-order valence-corrected chi connectivity index (χ0v) is 11.3. The van der Waals surface area contributed by atoms with E-state index in [2.05, 4.69) is 0 Å². The third-order valence-electron chi connectivity index (χ3n) is 2.33. The maximum absolute atomic E-state index is 10.7. The fourth-order valence-electron chi connectivity index (χ4n) is 1.41. The third-order valence-corrected chi connectivity index (χ3v) is 3.77. The summed E-state index contributed by atoms with van der Waals surface area (Å²) < 4.78 is 48.3. The van der Waals surface area contributed by atoms with Gasteiger partial charge >= 0.3 is 0 Å². The normalized spacial score (nSPS) is 10.8. The van der Waals surface area contributed by atoms with Gasteiger partial charge in [0.15, 0.2) is 21.4 Å². The molecule has 2 aromatic rings. The molecule has 0 atom stereocenters. The van der Waals surface area contributed by atoms with Crippen LogP contribution in [0.3, 0.4) is 0 Å². The molecule has 2 aromatic carbocycles. The lowest BCUT2D eigenvalue weighted by molar-refractivity contribution is 0.481. The van der Waals surface area contributed by atoms with Crippen LogP contribution in [0.4, 0.5) is 0 Å². The fourth-order valence-corrected chi connectivity index (χ4v) is 2.19. The Kier molecular flexibility index (Phi) is 4.18. The van der Waals surface area contributed by atoms with E-state index in [0.717, 1.165) is 0 Å². The molecule has 5 nitrogen and oxygen atoms in total. The van der Waals surface area contributed by atoms with Gasteiger partial charge in [-0.15, -0.1) is 0 Å². The SMILES string of the molecule is O=[SH](=O)c1ccc(Oc2ccc([SH](=O)=O)cc2)cc1. The lowest BCUT2D eigenvalue weighted by atomic mass is 10.3. The average Bonchev–Trinajstić information content (AvgIpc) is 2.40. The van der Waals surface area contributed by atoms with Gasteiger partial charge in [0.05, 0.1) is 9.79 Å². The highest BCUT2D eigenvalue weighted by Gasteiger charge is 2.00. The van der Waals surface area contributed by atoms with Crippen LogP contribution in [0.2, 0.25) is 0 Å². The first kappa shape index (κ1) is 13.6. The molecule has 0 aromatic heterocycles. The van der Waals surface area contributed by atoms with Gasteiger partial charge in [0.2, 0.25) is 0 Å². The molecule has 0 saturated heterocycles. The van der Waals surface area contributed by atoms with Crippen molar-refractivity contribution in [2.24, 2.45) is 0 Å². The second kappa shape index (κ2) is 5.85. The van der Waals surface area contributed by atoms with Gasteiger partial charge < -0.3 is 4.74 Å². The van der Waals surface area contributed by atoms with Crippen LogP contribution in [0.25, 0.3) is 0 Å². The van der Waals surface area contributed by atoms with Crippen LogP contribution in [0, 0.1) is 0 Å². The molecule has 0 N–H and O–H groups in total. The first-order chi connectivity index (χ1) is 9.06. The van der Waals surface area contributed by atoms with Crippen LogP contribution in [0.5, 0.6) is 11.5 Å². The predicted molar refractivity (Wildman–Crippen MR) is 70.1 cm³/mol. The van der Waals surface area contributed by atoms with Gasteiger partial charge in [-0.25, -0.2) is 16.8 Å². The summed E-state index contributed by atoms with van der Waals surface area (Å²) in [5, 5.41) is 0. The highest BCUT2D eigenvalue weighted by molar-refractivity contribution is 7.72. The summed E-state index contributed by atoms with van der Waals surface area (Å²) in [6.45, 7) is 0. The summed E-state index contributed by atoms with van der Waals surface area (Å²) in [4.78, 5) is 0.419. The van der Waals surface area contributed by atoms with E-state index in [-0.39, 0.29) is 9.79 Å². The van der Waals surface area contributed by atoms with E-state index in [4.69, 9.17) is 4.74 Å². The Morgan fingerprint density at radius 1 is 0.579 bits per heavy atom. The van der Waals surface area contributed by atoms with Crippen LogP contribution in [-0.2, 0) is 21.4 Å². The number of hydrogen-bond donors (Lipinski definition) is 2. The Morgan fingerprint density at radius 3 is 1.16 bits per heavy atom. The van der Waals surface area contributed by atoms with Crippen molar-refractivity contribution in [1.82, 2.24) is 0 Å². The second-order valence-electron chi connectivity index (χ2n) is 3.60. The van der Waals surface area contributed by atoms with E-state index >= 15 is 0 Å². The van der Waals surface area contributed by atoms with Crippen molar-refractivity contribution >= 4 is 21.4 Å². The van der Waals surface area contributed by atoms with Gasteiger partial charge in [-0.3, -0.25) is 0 Å². The molecular weight excluding hydrogens is 288 g/mol. The van der Waals surface area contributed by atoms with Gasteiger partial charge in [0, 0.05) is 0 Å². The topological polar surface area (TPSA) is 77.5 Å². The quantitative estimate of drug-likeness (QED) is 0.835. The zero-order valence-electron chi connectivity index (χ0n) is 9.55. The Labute approximate surface area is 113 Å². The number of hydrogen-bond acceptors (Lipinski definition) is 5. The molecule has 100 valence electrons. The van der Waals surface area contributed by atoms with Crippen molar-refractivity contribution in [3.8, 4) is 11.5 Å². The molecule has 7 heteroatoms. The van der Waals surface area contributed by atoms with Gasteiger partial charge in [-0.1, -0.05) is 0 Å². The van der Waals surface area contributed by atoms with E-state index in [1.165, 1.54) is 48.5 Å². The predicted octanol–water partition coefficient (Wildman–Crippen LogP) is 1.42. The van der Waals surface area contributed by atoms with Crippen molar-refractivity contribution in [2.45, 2.75) is 9.79 Å². The van der Waals surface area contributed by atoms with Gasteiger partial charge in [0.1, 0.15) is 11.5 Å². The summed E-state index contributed by atoms with van der Waals surface area (Å²) in [6, 6.07) is 11.9. The van der Waals surface area contributed by atoms with E-state index in [1.54, 1.807) is 0 Å². The van der Waals surface area contributed by atoms with Gasteiger partial charge in [-0.05, 0) is 48.5 Å². The van der Waals surface area contributed by atoms with Gasteiger partial charge in [0.25, 0.3) is 0 Å². The van der Waals surface area contributed by atoms with Crippen molar-refractivity contribution in [1.29, 1.82) is 0 Å². The Morgan fingerprint density at radius 2 is 0.895 bits per heavy atom. The molecule has 0 spiro atoms. The highest BCUT2D eigenvalue weighted by atomic mass is 32.2. The molecule has 0 aliphatic rings. The standard InChI is InChI=1S/C12H10O5S2/c13-18(14)11-5-1-9(2-6-11)17-10-3-7-12(8-4-10)19(15)16/h1-8,18-19H. The highest BCUT2D eigenvalue weighted by Crippen LogP contribution is 2.22. The minimum Gasteiger partial charge on any atom is -0.457 e. The number of thiol groups is 2. The van der Waals surface area contributed by atoms with Crippen LogP contribution < -0.4 is 4.74 Å². The molecule has 0 fully saturated rings. The Hall–Kier alpha value is -1.86. The summed E-state index contributed by atoms with van der Waals surface area (Å²) in [7, 11) is -5.20. The zero-order chi connectivity index (χ0) is 13.8. The number of ether oxygens (including phenoxy) is 1. The summed E-state index contributed by atoms with van der Waals surface area (Å²) >= 11 is 0. The van der Waals surface area contributed by atoms with E-state index in [1.807, 2.05) is 0 Å². The van der Waals surface area contributed by atoms with E-state index in [0.29, 0.717) is 11.5 Å². The van der Waals surface area contributed by atoms with E-state index < -0.39 is 21.4 Å². The summed E-state index contributed by atoms with van der Waals surface area (Å²) in [5.41, 5.74) is 0. The van der Waals surface area contributed by atoms with Gasteiger partial charge in [-0.2, -0.15) is 0 Å². The Balaban J connectivity index is 2.16. The molecule has 0 radical (unpaired) electrons. The third kappa shape index (κ3) is 3.55. The lowest BCUT2D eigenvalue weighted by Crippen LogP contribution is -1.86. The maximum atomic E-state index is 10.7. The molecule has 0 amide bonds. The molecular formula is C12H10O5S2. The van der Waals surface area contributed by atoms with Crippen LogP contribution in [0.15, 0.2) is 58.3 Å². The van der Waals surface area contributed by atoms with Crippen LogP contribution in [0.1, 0.15) is 0 Å². The monoisotopic (exact) mass is 298 g/mol. The average molecular weight is 298 g/mol. The molecule has 2 rings (SSSR count). The molecule has 0 aliphatic heterocycles. The van der Waals surface area contributed by atoms with Crippen LogP contribution in [-0.4, -0.2) is 16.8 Å². The second-order valence-corrected chi connectivity index (χ2v) is 5.67. The van der Waals surface area contributed by atoms with E-state index in [9.17, 15) is 16.8 Å². The smallest absolute Gasteiger partial charge is 0.168 e. The summed E-state index contributed by atoms with van der Waals surface area (Å²) in [6.07, 6.45) is 0. The van der Waals surface area contributed by atoms with Crippen molar-refractivity contribution < 1.29 is 21.6 Å². The first-order valence-corrected chi connectivity index (χ1v) is 7.58. The number of benzene rings is 2. The largest absolute Gasteiger partial charge is 0.457 e. The van der Waals surface area contributed by atoms with Crippen molar-refractivity contribution in [2.75, 3.05) is 0 Å². The van der Waals surface area contributed by atoms with Crippen LogP contribution >= 0.6 is 0 Å². The fraction of sp³-hybridized carbons (Fsp3) is 0. The van der Waals surface area contributed by atoms with Crippen molar-refractivity contribution in [3.05, 3.63) is 48.5 Å². The summed E-state index contributed by atoms with van der Waals surface area (Å²) in [5.74, 6) is 0.944. The number of rotatable bonds is 4. The lowest BCUT2D eigenvalue weighted by Gasteiger charge is -2.05. The molecule has 0 bridgehead atoms. The molecule has 0 unspecified atom stereocenters. The maximum Gasteiger partial charge on any atom is 0.168 e. The first-order valence-electron chi connectivity index (χ1n) is 5.23. The molecule has 0 aliphatic carbocycles. The minimum absolute atomic E-state index is 0.209. The van der Waals surface area contributed by atoms with Crippen molar-refractivity contribution in [3.63, 3.8) is 0 Å². The molecule has 19 heavy (non-hydrogen) atoms.